The van der Waals surface area contributed by atoms with Crippen molar-refractivity contribution in [3.8, 4) is 11.9 Å². The second kappa shape index (κ2) is 7.78. The largest absolute Gasteiger partial charge is 0.317 e. The number of carbonyl (C=O) groups excluding carboxylic acids is 2. The number of anilines is 1. The van der Waals surface area contributed by atoms with Crippen molar-refractivity contribution in [3.05, 3.63) is 71.6 Å². The van der Waals surface area contributed by atoms with Crippen molar-refractivity contribution in [3.63, 3.8) is 0 Å². The molecule has 0 fully saturated rings. The minimum absolute atomic E-state index is 0.108. The molecule has 4 heterocycles. The van der Waals surface area contributed by atoms with Crippen LogP contribution in [0, 0.1) is 25.2 Å². The molecule has 0 saturated carbocycles. The van der Waals surface area contributed by atoms with Crippen LogP contribution in [0.5, 0.6) is 0 Å². The van der Waals surface area contributed by atoms with Crippen LogP contribution in [0.15, 0.2) is 59.9 Å². The molecule has 0 bridgehead atoms. The molecule has 34 heavy (non-hydrogen) atoms. The summed E-state index contributed by atoms with van der Waals surface area (Å²) < 4.78 is 1.45. The van der Waals surface area contributed by atoms with Crippen molar-refractivity contribution in [2.24, 2.45) is 4.99 Å². The minimum atomic E-state index is -1.24. The lowest BCUT2D eigenvalue weighted by molar-refractivity contribution is -0.130. The number of amidine groups is 1. The van der Waals surface area contributed by atoms with Crippen LogP contribution >= 0.6 is 0 Å². The summed E-state index contributed by atoms with van der Waals surface area (Å²) in [7, 11) is 0. The lowest BCUT2D eigenvalue weighted by atomic mass is 9.91. The lowest BCUT2D eigenvalue weighted by Crippen LogP contribution is -2.58. The Morgan fingerprint density at radius 2 is 2.06 bits per heavy atom. The molecule has 0 saturated heterocycles. The van der Waals surface area contributed by atoms with Gasteiger partial charge in [-0.15, -0.1) is 0 Å². The van der Waals surface area contributed by atoms with Gasteiger partial charge < -0.3 is 10.2 Å². The lowest BCUT2D eigenvalue weighted by Gasteiger charge is -2.41. The fourth-order valence-electron chi connectivity index (χ4n) is 4.30. The number of aliphatic imine (C=N–C) groups is 1. The van der Waals surface area contributed by atoms with Gasteiger partial charge in [0, 0.05) is 11.6 Å². The van der Waals surface area contributed by atoms with Crippen molar-refractivity contribution in [1.29, 1.82) is 5.26 Å². The van der Waals surface area contributed by atoms with E-state index in [1.807, 2.05) is 38.1 Å². The molecule has 1 atom stereocenters. The van der Waals surface area contributed by atoms with Gasteiger partial charge in [-0.3, -0.25) is 9.59 Å². The Morgan fingerprint density at radius 3 is 2.85 bits per heavy atom. The fourth-order valence-corrected chi connectivity index (χ4v) is 4.30. The average Bonchev–Trinajstić information content (AvgIpc) is 3.22. The van der Waals surface area contributed by atoms with Crippen LogP contribution in [0.1, 0.15) is 30.0 Å². The number of hydrogen-bond donors (Lipinski definition) is 1. The van der Waals surface area contributed by atoms with E-state index in [4.69, 9.17) is 4.98 Å². The van der Waals surface area contributed by atoms with Crippen LogP contribution < -0.4 is 5.32 Å². The first-order valence-electron chi connectivity index (χ1n) is 10.7. The van der Waals surface area contributed by atoms with Gasteiger partial charge in [0.1, 0.15) is 23.0 Å². The van der Waals surface area contributed by atoms with Gasteiger partial charge in [-0.25, -0.2) is 4.98 Å². The number of aromatic nitrogens is 3. The van der Waals surface area contributed by atoms with Crippen LogP contribution in [-0.2, 0) is 9.59 Å². The Kier molecular flexibility index (Phi) is 4.87. The highest BCUT2D eigenvalue weighted by atomic mass is 16.2. The van der Waals surface area contributed by atoms with Gasteiger partial charge in [0.15, 0.2) is 11.6 Å². The average molecular weight is 451 g/mol. The molecule has 9 nitrogen and oxygen atoms in total. The number of para-hydroxylation sites is 1. The Morgan fingerprint density at radius 1 is 1.24 bits per heavy atom. The fraction of sp³-hybridized carbons (Fsp3) is 0.200. The van der Waals surface area contributed by atoms with E-state index in [0.29, 0.717) is 11.7 Å². The van der Waals surface area contributed by atoms with E-state index in [1.165, 1.54) is 10.9 Å². The first kappa shape index (κ1) is 21.3. The summed E-state index contributed by atoms with van der Waals surface area (Å²) in [5.74, 6) is 0.221. The highest BCUT2D eigenvalue weighted by Gasteiger charge is 2.45. The van der Waals surface area contributed by atoms with E-state index in [0.717, 1.165) is 22.0 Å². The SMILES string of the molecule is Cc1cc(-n2ncc(C#N)c2NC(=O)C2(C)CC(=O)N=C3C=CC=CN32)nc2c(C)cccc12. The monoisotopic (exact) mass is 451 g/mol. The number of benzene rings is 1. The molecule has 0 aliphatic carbocycles. The molecule has 0 radical (unpaired) electrons. The van der Waals surface area contributed by atoms with Crippen molar-refractivity contribution >= 4 is 34.4 Å². The third kappa shape index (κ3) is 3.28. The second-order valence-corrected chi connectivity index (χ2v) is 8.54. The summed E-state index contributed by atoms with van der Waals surface area (Å²) in [4.78, 5) is 36.4. The van der Waals surface area contributed by atoms with Gasteiger partial charge >= 0.3 is 0 Å². The molecular weight excluding hydrogens is 430 g/mol. The summed E-state index contributed by atoms with van der Waals surface area (Å²) >= 11 is 0. The molecule has 9 heteroatoms. The van der Waals surface area contributed by atoms with Gasteiger partial charge in [-0.2, -0.15) is 20.0 Å². The molecule has 2 aliphatic heterocycles. The molecule has 2 aliphatic rings. The smallest absolute Gasteiger partial charge is 0.252 e. The van der Waals surface area contributed by atoms with Crippen molar-refractivity contribution < 1.29 is 9.59 Å². The topological polar surface area (TPSA) is 116 Å². The van der Waals surface area contributed by atoms with Crippen LogP contribution in [0.3, 0.4) is 0 Å². The molecular formula is C25H21N7O2. The predicted octanol–water partition coefficient (Wildman–Crippen LogP) is 3.32. The number of allylic oxidation sites excluding steroid dienone is 2. The molecule has 1 aromatic carbocycles. The van der Waals surface area contributed by atoms with E-state index < -0.39 is 11.4 Å². The number of amides is 2. The van der Waals surface area contributed by atoms with Gasteiger partial charge in [0.05, 0.1) is 18.1 Å². The maximum absolute atomic E-state index is 13.6. The number of fused-ring (bicyclic) bond motifs is 2. The Hall–Kier alpha value is -4.58. The number of carbonyl (C=O) groups is 2. The molecule has 5 rings (SSSR count). The Labute approximate surface area is 195 Å². The molecule has 3 aromatic rings. The number of rotatable bonds is 3. The molecule has 0 spiro atoms. The van der Waals surface area contributed by atoms with E-state index in [-0.39, 0.29) is 23.7 Å². The van der Waals surface area contributed by atoms with Gasteiger partial charge in [-0.1, -0.05) is 24.3 Å². The van der Waals surface area contributed by atoms with Gasteiger partial charge in [0.25, 0.3) is 11.8 Å². The standard InChI is InChI=1S/C25H21N7O2/c1-15-7-6-8-18-16(2)11-20(29-22(15)18)32-23(17(13-26)14-27-32)30-24(34)25(3)12-21(33)28-19-9-4-5-10-31(19)25/h4-11,14H,12H2,1-3H3,(H,30,34). The molecule has 1 N–H and O–H groups in total. The van der Waals surface area contributed by atoms with E-state index in [9.17, 15) is 14.9 Å². The van der Waals surface area contributed by atoms with Crippen molar-refractivity contribution in [1.82, 2.24) is 19.7 Å². The maximum atomic E-state index is 13.6. The molecule has 1 unspecified atom stereocenters. The zero-order valence-corrected chi connectivity index (χ0v) is 18.9. The zero-order valence-electron chi connectivity index (χ0n) is 18.9. The summed E-state index contributed by atoms with van der Waals surface area (Å²) in [6.07, 6.45) is 8.20. The third-order valence-electron chi connectivity index (χ3n) is 6.17. The van der Waals surface area contributed by atoms with Crippen molar-refractivity contribution in [2.45, 2.75) is 32.7 Å². The number of nitriles is 1. The van der Waals surface area contributed by atoms with Gasteiger partial charge in [0.2, 0.25) is 0 Å². The van der Waals surface area contributed by atoms with E-state index >= 15 is 0 Å². The van der Waals surface area contributed by atoms with E-state index in [1.54, 1.807) is 36.3 Å². The first-order chi connectivity index (χ1) is 16.3. The maximum Gasteiger partial charge on any atom is 0.252 e. The Bertz CT molecular complexity index is 1510. The Balaban J connectivity index is 1.57. The predicted molar refractivity (Wildman–Crippen MR) is 127 cm³/mol. The normalized spacial score (nSPS) is 19.1. The van der Waals surface area contributed by atoms with Gasteiger partial charge in [-0.05, 0) is 50.1 Å². The second-order valence-electron chi connectivity index (χ2n) is 8.54. The summed E-state index contributed by atoms with van der Waals surface area (Å²) in [6.45, 7) is 5.63. The highest BCUT2D eigenvalue weighted by molar-refractivity contribution is 6.12. The highest BCUT2D eigenvalue weighted by Crippen LogP contribution is 2.31. The number of nitrogens with zero attached hydrogens (tertiary/aromatic N) is 6. The first-order valence-corrected chi connectivity index (χ1v) is 10.7. The summed E-state index contributed by atoms with van der Waals surface area (Å²) in [5.41, 5.74) is 1.77. The molecule has 168 valence electrons. The molecule has 2 amide bonds. The third-order valence-corrected chi connectivity index (χ3v) is 6.17. The van der Waals surface area contributed by atoms with Crippen molar-refractivity contribution in [2.75, 3.05) is 5.32 Å². The number of pyridine rings is 1. The number of hydrogen-bond acceptors (Lipinski definition) is 6. The van der Waals surface area contributed by atoms with Crippen LogP contribution in [0.2, 0.25) is 0 Å². The summed E-state index contributed by atoms with van der Waals surface area (Å²) in [6, 6.07) is 9.90. The van der Waals surface area contributed by atoms with Crippen LogP contribution in [0.25, 0.3) is 16.7 Å². The minimum Gasteiger partial charge on any atom is -0.317 e. The van der Waals surface area contributed by atoms with Crippen LogP contribution in [0.4, 0.5) is 5.82 Å². The zero-order chi connectivity index (χ0) is 24.0. The van der Waals surface area contributed by atoms with E-state index in [2.05, 4.69) is 21.5 Å². The number of nitrogens with one attached hydrogen (secondary N) is 1. The molecule has 2 aromatic heterocycles. The quantitative estimate of drug-likeness (QED) is 0.653. The van der Waals surface area contributed by atoms with Crippen LogP contribution in [-0.4, -0.2) is 42.9 Å². The summed E-state index contributed by atoms with van der Waals surface area (Å²) in [5, 5.41) is 17.9. The number of aryl methyl sites for hydroxylation is 2.